The van der Waals surface area contributed by atoms with Gasteiger partial charge in [-0.3, -0.25) is 14.5 Å². The van der Waals surface area contributed by atoms with Crippen molar-refractivity contribution in [2.45, 2.75) is 0 Å². The molecule has 3 aromatic rings. The number of β-amino-alcohol motifs (C(OH)–C–C–N with tert-alkyl or cyclic N) is 1. The summed E-state index contributed by atoms with van der Waals surface area (Å²) in [5, 5.41) is 10.4. The standard InChI is InChI=1S/C20H15NO4/c22-12-11-21-19(23)15-8-4-7-14-17(25-13-5-2-1-3-6-13)10-9-16(18(14)15)20(21)24/h1-10,22H,11-12H2. The van der Waals surface area contributed by atoms with E-state index in [1.54, 1.807) is 24.3 Å². The van der Waals surface area contributed by atoms with Gasteiger partial charge in [0.25, 0.3) is 11.8 Å². The molecular formula is C20H15NO4. The lowest BCUT2D eigenvalue weighted by molar-refractivity contribution is 0.0580. The zero-order chi connectivity index (χ0) is 17.4. The monoisotopic (exact) mass is 333 g/mol. The number of ether oxygens (including phenoxy) is 1. The Morgan fingerprint density at radius 2 is 1.56 bits per heavy atom. The molecule has 0 saturated carbocycles. The number of benzene rings is 3. The Bertz CT molecular complexity index is 959. The fourth-order valence-corrected chi connectivity index (χ4v) is 3.13. The Hall–Kier alpha value is -3.18. The van der Waals surface area contributed by atoms with Crippen LogP contribution in [0, 0.1) is 0 Å². The fraction of sp³-hybridized carbons (Fsp3) is 0.100. The van der Waals surface area contributed by atoms with Crippen LogP contribution >= 0.6 is 0 Å². The summed E-state index contributed by atoms with van der Waals surface area (Å²) in [7, 11) is 0. The van der Waals surface area contributed by atoms with Crippen molar-refractivity contribution in [1.29, 1.82) is 0 Å². The second-order valence-electron chi connectivity index (χ2n) is 5.74. The number of aliphatic hydroxyl groups excluding tert-OH is 1. The summed E-state index contributed by atoms with van der Waals surface area (Å²) in [4.78, 5) is 26.3. The molecule has 0 atom stereocenters. The van der Waals surface area contributed by atoms with Crippen LogP contribution in [0.3, 0.4) is 0 Å². The van der Waals surface area contributed by atoms with Crippen LogP contribution in [-0.2, 0) is 0 Å². The Kier molecular flexibility index (Phi) is 3.71. The van der Waals surface area contributed by atoms with E-state index in [1.807, 2.05) is 36.4 Å². The first-order chi connectivity index (χ1) is 12.2. The molecule has 1 aliphatic heterocycles. The number of imide groups is 1. The average molecular weight is 333 g/mol. The molecule has 0 bridgehead atoms. The second kappa shape index (κ2) is 6.03. The molecular weight excluding hydrogens is 318 g/mol. The maximum absolute atomic E-state index is 12.6. The molecule has 1 N–H and O–H groups in total. The van der Waals surface area contributed by atoms with Gasteiger partial charge < -0.3 is 9.84 Å². The first kappa shape index (κ1) is 15.4. The minimum atomic E-state index is -0.394. The summed E-state index contributed by atoms with van der Waals surface area (Å²) in [6, 6.07) is 18.0. The maximum atomic E-state index is 12.6. The van der Waals surface area contributed by atoms with Crippen molar-refractivity contribution >= 4 is 22.6 Å². The van der Waals surface area contributed by atoms with Gasteiger partial charge in [0.1, 0.15) is 11.5 Å². The van der Waals surface area contributed by atoms with Crippen molar-refractivity contribution in [1.82, 2.24) is 4.90 Å². The third-order valence-corrected chi connectivity index (χ3v) is 4.25. The minimum Gasteiger partial charge on any atom is -0.457 e. The van der Waals surface area contributed by atoms with Crippen molar-refractivity contribution in [2.75, 3.05) is 13.2 Å². The summed E-state index contributed by atoms with van der Waals surface area (Å²) in [5.74, 6) is 0.476. The summed E-state index contributed by atoms with van der Waals surface area (Å²) in [5.41, 5.74) is 0.887. The predicted octanol–water partition coefficient (Wildman–Crippen LogP) is 3.22. The lowest BCUT2D eigenvalue weighted by Crippen LogP contribution is -2.41. The SMILES string of the molecule is O=C1c2cccc3c(Oc4ccccc4)ccc(c23)C(=O)N1CCO. The number of carbonyl (C=O) groups excluding carboxylic acids is 2. The van der Waals surface area contributed by atoms with Crippen molar-refractivity contribution in [3.05, 3.63) is 71.8 Å². The number of aliphatic hydroxyl groups is 1. The van der Waals surface area contributed by atoms with E-state index in [2.05, 4.69) is 0 Å². The van der Waals surface area contributed by atoms with Gasteiger partial charge >= 0.3 is 0 Å². The summed E-state index contributed by atoms with van der Waals surface area (Å²) in [6.45, 7) is -0.284. The lowest BCUT2D eigenvalue weighted by Gasteiger charge is -2.27. The molecule has 4 rings (SSSR count). The van der Waals surface area contributed by atoms with Gasteiger partial charge in [-0.25, -0.2) is 0 Å². The number of hydrogen-bond acceptors (Lipinski definition) is 4. The van der Waals surface area contributed by atoms with Crippen molar-refractivity contribution in [3.63, 3.8) is 0 Å². The van der Waals surface area contributed by atoms with Crippen molar-refractivity contribution in [2.24, 2.45) is 0 Å². The zero-order valence-corrected chi connectivity index (χ0v) is 13.3. The van der Waals surface area contributed by atoms with Crippen LogP contribution < -0.4 is 4.74 Å². The Morgan fingerprint density at radius 1 is 0.840 bits per heavy atom. The normalized spacial score (nSPS) is 13.4. The molecule has 0 fully saturated rings. The first-order valence-corrected chi connectivity index (χ1v) is 7.96. The second-order valence-corrected chi connectivity index (χ2v) is 5.74. The van der Waals surface area contributed by atoms with E-state index in [9.17, 15) is 9.59 Å². The van der Waals surface area contributed by atoms with Gasteiger partial charge in [-0.1, -0.05) is 30.3 Å². The average Bonchev–Trinajstić information content (AvgIpc) is 2.65. The number of hydrogen-bond donors (Lipinski definition) is 1. The lowest BCUT2D eigenvalue weighted by atomic mass is 9.93. The van der Waals surface area contributed by atoms with Gasteiger partial charge in [-0.2, -0.15) is 0 Å². The molecule has 0 aromatic heterocycles. The molecule has 0 saturated heterocycles. The highest BCUT2D eigenvalue weighted by atomic mass is 16.5. The van der Waals surface area contributed by atoms with E-state index in [1.165, 1.54) is 0 Å². The zero-order valence-electron chi connectivity index (χ0n) is 13.3. The van der Waals surface area contributed by atoms with E-state index < -0.39 is 11.8 Å². The highest BCUT2D eigenvalue weighted by Gasteiger charge is 2.33. The summed E-state index contributed by atoms with van der Waals surface area (Å²) in [6.07, 6.45) is 0. The smallest absolute Gasteiger partial charge is 0.261 e. The van der Waals surface area contributed by atoms with E-state index in [-0.39, 0.29) is 13.2 Å². The van der Waals surface area contributed by atoms with Crippen LogP contribution in [0.5, 0.6) is 11.5 Å². The quantitative estimate of drug-likeness (QED) is 0.745. The van der Waals surface area contributed by atoms with Gasteiger partial charge in [-0.05, 0) is 30.3 Å². The highest BCUT2D eigenvalue weighted by molar-refractivity contribution is 6.26. The van der Waals surface area contributed by atoms with Crippen LogP contribution in [0.2, 0.25) is 0 Å². The molecule has 2 amide bonds. The molecule has 3 aromatic carbocycles. The first-order valence-electron chi connectivity index (χ1n) is 7.96. The van der Waals surface area contributed by atoms with E-state index in [0.717, 1.165) is 4.90 Å². The number of para-hydroxylation sites is 1. The van der Waals surface area contributed by atoms with Crippen LogP contribution in [0.25, 0.3) is 10.8 Å². The molecule has 25 heavy (non-hydrogen) atoms. The molecule has 0 aliphatic carbocycles. The van der Waals surface area contributed by atoms with Crippen molar-refractivity contribution in [3.8, 4) is 11.5 Å². The molecule has 0 unspecified atom stereocenters. The van der Waals surface area contributed by atoms with Crippen LogP contribution in [0.1, 0.15) is 20.7 Å². The van der Waals surface area contributed by atoms with Crippen LogP contribution in [0.15, 0.2) is 60.7 Å². The molecule has 5 heteroatoms. The third kappa shape index (κ3) is 2.45. The maximum Gasteiger partial charge on any atom is 0.261 e. The van der Waals surface area contributed by atoms with Gasteiger partial charge in [0.15, 0.2) is 0 Å². The van der Waals surface area contributed by atoms with Crippen LogP contribution in [-0.4, -0.2) is 35.0 Å². The Balaban J connectivity index is 1.88. The topological polar surface area (TPSA) is 66.8 Å². The van der Waals surface area contributed by atoms with E-state index in [0.29, 0.717) is 33.4 Å². The molecule has 0 spiro atoms. The third-order valence-electron chi connectivity index (χ3n) is 4.25. The Morgan fingerprint density at radius 3 is 2.28 bits per heavy atom. The molecule has 0 radical (unpaired) electrons. The molecule has 1 aliphatic rings. The van der Waals surface area contributed by atoms with Gasteiger partial charge in [-0.15, -0.1) is 0 Å². The van der Waals surface area contributed by atoms with E-state index in [4.69, 9.17) is 9.84 Å². The Labute approximate surface area is 144 Å². The predicted molar refractivity (Wildman–Crippen MR) is 92.9 cm³/mol. The number of amides is 2. The van der Waals surface area contributed by atoms with Gasteiger partial charge in [0.05, 0.1) is 13.2 Å². The number of carbonyl (C=O) groups is 2. The molecule has 124 valence electrons. The molecule has 5 nitrogen and oxygen atoms in total. The minimum absolute atomic E-state index is 0.0181. The number of nitrogens with zero attached hydrogens (tertiary/aromatic N) is 1. The largest absolute Gasteiger partial charge is 0.457 e. The summed E-state index contributed by atoms with van der Waals surface area (Å²) < 4.78 is 5.94. The molecule has 1 heterocycles. The van der Waals surface area contributed by atoms with Gasteiger partial charge in [0, 0.05) is 21.9 Å². The van der Waals surface area contributed by atoms with Crippen molar-refractivity contribution < 1.29 is 19.4 Å². The van der Waals surface area contributed by atoms with Gasteiger partial charge in [0.2, 0.25) is 0 Å². The number of rotatable bonds is 4. The van der Waals surface area contributed by atoms with Crippen LogP contribution in [0.4, 0.5) is 0 Å². The summed E-state index contributed by atoms with van der Waals surface area (Å²) >= 11 is 0. The highest BCUT2D eigenvalue weighted by Crippen LogP contribution is 2.37. The van der Waals surface area contributed by atoms with E-state index >= 15 is 0 Å². The fourth-order valence-electron chi connectivity index (χ4n) is 3.13.